The Bertz CT molecular complexity index is 1380. The van der Waals surface area contributed by atoms with Gasteiger partial charge in [-0.1, -0.05) is 41.9 Å². The average Bonchev–Trinajstić information content (AvgIpc) is 3.40. The number of hydrogen-bond acceptors (Lipinski definition) is 5. The number of amides is 2. The molecule has 11 heteroatoms. The summed E-state index contributed by atoms with van der Waals surface area (Å²) in [7, 11) is 3.00. The number of benzene rings is 3. The van der Waals surface area contributed by atoms with Gasteiger partial charge in [0, 0.05) is 36.2 Å². The van der Waals surface area contributed by atoms with Crippen molar-refractivity contribution in [2.75, 3.05) is 33.9 Å². The zero-order valence-corrected chi connectivity index (χ0v) is 22.6. The van der Waals surface area contributed by atoms with Crippen LogP contribution in [-0.4, -0.2) is 61.4 Å². The van der Waals surface area contributed by atoms with Crippen molar-refractivity contribution < 1.29 is 32.2 Å². The molecule has 1 aliphatic rings. The van der Waals surface area contributed by atoms with Crippen molar-refractivity contribution in [3.8, 4) is 5.75 Å². The van der Waals surface area contributed by atoms with Gasteiger partial charge in [0.1, 0.15) is 12.3 Å². The Labute approximate surface area is 234 Å². The van der Waals surface area contributed by atoms with Crippen molar-refractivity contribution in [1.29, 1.82) is 0 Å². The molecule has 1 aliphatic heterocycles. The number of ether oxygens (including phenoxy) is 2. The maximum atomic E-state index is 13.7. The third-order valence-electron chi connectivity index (χ3n) is 6.49. The summed E-state index contributed by atoms with van der Waals surface area (Å²) >= 11 is 6.42. The predicted molar refractivity (Wildman–Crippen MR) is 144 cm³/mol. The molecule has 0 fully saturated rings. The molecular weight excluding hydrogens is 547 g/mol. The van der Waals surface area contributed by atoms with Crippen LogP contribution >= 0.6 is 11.6 Å². The van der Waals surface area contributed by atoms with Crippen molar-refractivity contribution in [3.63, 3.8) is 0 Å². The summed E-state index contributed by atoms with van der Waals surface area (Å²) in [4.78, 5) is 28.2. The molecule has 0 aliphatic carbocycles. The molecule has 0 saturated heterocycles. The minimum atomic E-state index is -4.53. The molecule has 0 radical (unpaired) electrons. The van der Waals surface area contributed by atoms with Gasteiger partial charge >= 0.3 is 6.18 Å². The molecule has 40 heavy (non-hydrogen) atoms. The molecule has 7 nitrogen and oxygen atoms in total. The lowest BCUT2D eigenvalue weighted by Crippen LogP contribution is -2.42. The highest BCUT2D eigenvalue weighted by Gasteiger charge is 2.35. The molecule has 0 spiro atoms. The van der Waals surface area contributed by atoms with Crippen LogP contribution in [-0.2, 0) is 15.7 Å². The topological polar surface area (TPSA) is 71.4 Å². The van der Waals surface area contributed by atoms with Crippen LogP contribution in [0.3, 0.4) is 0 Å². The van der Waals surface area contributed by atoms with Crippen LogP contribution in [0.25, 0.3) is 0 Å². The second kappa shape index (κ2) is 12.5. The van der Waals surface area contributed by atoms with E-state index in [-0.39, 0.29) is 25.3 Å². The molecule has 1 unspecified atom stereocenters. The second-order valence-electron chi connectivity index (χ2n) is 9.05. The summed E-state index contributed by atoms with van der Waals surface area (Å²) in [6.45, 7) is -0.199. The molecule has 4 rings (SSSR count). The smallest absolute Gasteiger partial charge is 0.416 e. The van der Waals surface area contributed by atoms with Crippen LogP contribution in [0.1, 0.15) is 39.5 Å². The van der Waals surface area contributed by atoms with E-state index >= 15 is 0 Å². The van der Waals surface area contributed by atoms with Gasteiger partial charge in [-0.25, -0.2) is 5.01 Å². The number of rotatable bonds is 9. The van der Waals surface area contributed by atoms with Gasteiger partial charge in [0.25, 0.3) is 11.8 Å². The summed E-state index contributed by atoms with van der Waals surface area (Å²) in [6.07, 6.45) is -4.15. The number of carbonyl (C=O) groups is 2. The van der Waals surface area contributed by atoms with E-state index in [0.717, 1.165) is 29.8 Å². The minimum Gasteiger partial charge on any atom is -0.497 e. The van der Waals surface area contributed by atoms with E-state index in [0.29, 0.717) is 28.5 Å². The van der Waals surface area contributed by atoms with E-state index < -0.39 is 29.6 Å². The quantitative estimate of drug-likeness (QED) is 0.323. The van der Waals surface area contributed by atoms with Crippen molar-refractivity contribution in [3.05, 3.63) is 100 Å². The average molecular weight is 574 g/mol. The zero-order chi connectivity index (χ0) is 28.9. The Balaban J connectivity index is 1.62. The first-order valence-electron chi connectivity index (χ1n) is 12.4. The molecular formula is C29H27ClF3N3O4. The van der Waals surface area contributed by atoms with Gasteiger partial charge in [-0.2, -0.15) is 18.3 Å². The minimum absolute atomic E-state index is 0.0188. The van der Waals surface area contributed by atoms with E-state index in [1.54, 1.807) is 31.4 Å². The maximum Gasteiger partial charge on any atom is 0.416 e. The van der Waals surface area contributed by atoms with E-state index in [2.05, 4.69) is 5.10 Å². The normalized spacial score (nSPS) is 15.1. The summed E-state index contributed by atoms with van der Waals surface area (Å²) in [5.74, 6) is -0.423. The maximum absolute atomic E-state index is 13.7. The predicted octanol–water partition coefficient (Wildman–Crippen LogP) is 5.83. The number of hydrazone groups is 1. The Morgan fingerprint density at radius 2 is 1.70 bits per heavy atom. The van der Waals surface area contributed by atoms with Crippen LogP contribution in [0.5, 0.6) is 5.75 Å². The van der Waals surface area contributed by atoms with Crippen molar-refractivity contribution in [2.24, 2.45) is 5.10 Å². The van der Waals surface area contributed by atoms with Gasteiger partial charge in [0.2, 0.25) is 0 Å². The van der Waals surface area contributed by atoms with Gasteiger partial charge in [-0.05, 0) is 48.0 Å². The molecule has 3 aromatic rings. The van der Waals surface area contributed by atoms with Crippen molar-refractivity contribution in [2.45, 2.75) is 18.6 Å². The first kappa shape index (κ1) is 29.1. The summed E-state index contributed by atoms with van der Waals surface area (Å²) in [5.41, 5.74) is 1.25. The van der Waals surface area contributed by atoms with Gasteiger partial charge in [-0.15, -0.1) is 0 Å². The van der Waals surface area contributed by atoms with Gasteiger partial charge < -0.3 is 14.4 Å². The largest absolute Gasteiger partial charge is 0.497 e. The number of carbonyl (C=O) groups excluding carboxylic acids is 2. The molecule has 1 atom stereocenters. The number of hydrogen-bond donors (Lipinski definition) is 0. The molecule has 0 N–H and O–H groups in total. The van der Waals surface area contributed by atoms with Crippen molar-refractivity contribution in [1.82, 2.24) is 9.91 Å². The standard InChI is InChI=1S/C29H27ClF3N3O4/c1-39-16-15-35(28(38)20-7-11-21(12-8-20)29(31,32)33)18-27(37)36-26(19-9-13-22(40-2)14-10-19)17-25(34-36)23-5-3-4-6-24(23)30/h3-14,26H,15-18H2,1-2H3. The molecule has 210 valence electrons. The molecule has 3 aromatic carbocycles. The van der Waals surface area contributed by atoms with Crippen LogP contribution in [0, 0.1) is 0 Å². The Morgan fingerprint density at radius 1 is 1.02 bits per heavy atom. The summed E-state index contributed by atoms with van der Waals surface area (Å²) in [5, 5.41) is 6.44. The lowest BCUT2D eigenvalue weighted by Gasteiger charge is -2.27. The van der Waals surface area contributed by atoms with Crippen LogP contribution in [0.4, 0.5) is 13.2 Å². The van der Waals surface area contributed by atoms with E-state index in [1.165, 1.54) is 17.0 Å². The lowest BCUT2D eigenvalue weighted by atomic mass is 9.98. The Kier molecular flexibility index (Phi) is 9.11. The van der Waals surface area contributed by atoms with Crippen LogP contribution in [0.2, 0.25) is 5.02 Å². The molecule has 0 bridgehead atoms. The van der Waals surface area contributed by atoms with E-state index in [1.807, 2.05) is 24.3 Å². The fourth-order valence-electron chi connectivity index (χ4n) is 4.36. The number of halogens is 4. The summed E-state index contributed by atoms with van der Waals surface area (Å²) in [6, 6.07) is 17.8. The van der Waals surface area contributed by atoms with E-state index in [4.69, 9.17) is 21.1 Å². The summed E-state index contributed by atoms with van der Waals surface area (Å²) < 4.78 is 49.4. The van der Waals surface area contributed by atoms with Crippen LogP contribution in [0.15, 0.2) is 77.9 Å². The second-order valence-corrected chi connectivity index (χ2v) is 9.46. The van der Waals surface area contributed by atoms with Gasteiger partial charge in [0.05, 0.1) is 31.0 Å². The van der Waals surface area contributed by atoms with Crippen LogP contribution < -0.4 is 4.74 Å². The van der Waals surface area contributed by atoms with E-state index in [9.17, 15) is 22.8 Å². The molecule has 0 saturated carbocycles. The Morgan fingerprint density at radius 3 is 2.30 bits per heavy atom. The zero-order valence-electron chi connectivity index (χ0n) is 21.8. The highest BCUT2D eigenvalue weighted by molar-refractivity contribution is 6.34. The highest BCUT2D eigenvalue weighted by Crippen LogP contribution is 2.35. The fraction of sp³-hybridized carbons (Fsp3) is 0.276. The molecule has 2 amide bonds. The number of alkyl halides is 3. The fourth-order valence-corrected chi connectivity index (χ4v) is 4.60. The monoisotopic (exact) mass is 573 g/mol. The first-order valence-corrected chi connectivity index (χ1v) is 12.7. The third-order valence-corrected chi connectivity index (χ3v) is 6.82. The van der Waals surface area contributed by atoms with Gasteiger partial charge in [0.15, 0.2) is 0 Å². The molecule has 0 aromatic heterocycles. The van der Waals surface area contributed by atoms with Crippen molar-refractivity contribution >= 4 is 29.1 Å². The lowest BCUT2D eigenvalue weighted by molar-refractivity contribution is -0.137. The molecule has 1 heterocycles. The number of methoxy groups -OCH3 is 2. The third kappa shape index (κ3) is 6.63. The number of nitrogens with zero attached hydrogens (tertiary/aromatic N) is 3. The first-order chi connectivity index (χ1) is 19.1. The SMILES string of the molecule is COCCN(CC(=O)N1N=C(c2ccccc2Cl)CC1c1ccc(OC)cc1)C(=O)c1ccc(C(F)(F)F)cc1. The van der Waals surface area contributed by atoms with Gasteiger partial charge in [-0.3, -0.25) is 9.59 Å². The Hall–Kier alpha value is -3.89. The highest BCUT2D eigenvalue weighted by atomic mass is 35.5.